The molecule has 0 amide bonds. The van der Waals surface area contributed by atoms with Gasteiger partial charge in [-0.2, -0.15) is 0 Å². The van der Waals surface area contributed by atoms with Crippen LogP contribution in [0.25, 0.3) is 0 Å². The molecular formula is C38H68N8. The molecule has 5 saturated heterocycles. The van der Waals surface area contributed by atoms with Gasteiger partial charge in [-0.15, -0.1) is 0 Å². The monoisotopic (exact) mass is 637 g/mol. The van der Waals surface area contributed by atoms with Crippen LogP contribution in [0.3, 0.4) is 0 Å². The first-order valence-electron chi connectivity index (χ1n) is 20.8. The second kappa shape index (κ2) is 13.8. The molecule has 0 spiro atoms. The lowest BCUT2D eigenvalue weighted by molar-refractivity contribution is 0.115. The first-order chi connectivity index (χ1) is 22.7. The van der Waals surface area contributed by atoms with Crippen LogP contribution in [0, 0.1) is 53.3 Å². The van der Waals surface area contributed by atoms with E-state index < -0.39 is 0 Å². The van der Waals surface area contributed by atoms with Crippen molar-refractivity contribution < 1.29 is 0 Å². The molecule has 260 valence electrons. The lowest BCUT2D eigenvalue weighted by atomic mass is 9.69. The van der Waals surface area contributed by atoms with Gasteiger partial charge in [-0.05, 0) is 98.2 Å². The predicted molar refractivity (Wildman–Crippen MR) is 185 cm³/mol. The Morgan fingerprint density at radius 1 is 0.348 bits per heavy atom. The van der Waals surface area contributed by atoms with Crippen LogP contribution in [-0.2, 0) is 0 Å². The fourth-order valence-corrected chi connectivity index (χ4v) is 13.4. The van der Waals surface area contributed by atoms with Gasteiger partial charge >= 0.3 is 0 Å². The summed E-state index contributed by atoms with van der Waals surface area (Å²) in [5.41, 5.74) is 0. The van der Waals surface area contributed by atoms with E-state index in [1.165, 1.54) is 128 Å². The average molecular weight is 637 g/mol. The number of unbranched alkanes of at least 4 members (excludes halogenated alkanes) is 3. The van der Waals surface area contributed by atoms with Crippen molar-refractivity contribution in [2.45, 2.75) is 185 Å². The Kier molecular flexibility index (Phi) is 9.47. The molecular weight excluding hydrogens is 568 g/mol. The van der Waals surface area contributed by atoms with E-state index in [2.05, 4.69) is 49.5 Å². The van der Waals surface area contributed by atoms with Gasteiger partial charge in [0.15, 0.2) is 0 Å². The first kappa shape index (κ1) is 31.6. The van der Waals surface area contributed by atoms with Crippen molar-refractivity contribution in [1.82, 2.24) is 42.5 Å². The molecule has 17 unspecified atom stereocenters. The molecule has 9 fully saturated rings. The van der Waals surface area contributed by atoms with Gasteiger partial charge < -0.3 is 0 Å². The third-order valence-corrected chi connectivity index (χ3v) is 15.5. The Hall–Kier alpha value is -0.320. The zero-order valence-electron chi connectivity index (χ0n) is 29.0. The number of rotatable bonds is 5. The van der Waals surface area contributed by atoms with Gasteiger partial charge in [-0.1, -0.05) is 90.4 Å². The van der Waals surface area contributed by atoms with Crippen LogP contribution in [0.2, 0.25) is 0 Å². The molecule has 4 saturated carbocycles. The molecule has 17 atom stereocenters. The molecule has 8 bridgehead atoms. The summed E-state index contributed by atoms with van der Waals surface area (Å²) in [6.07, 6.45) is 31.2. The molecule has 9 aliphatic rings. The highest BCUT2D eigenvalue weighted by Gasteiger charge is 2.55. The normalized spacial score (nSPS) is 53.3. The zero-order chi connectivity index (χ0) is 30.6. The molecule has 5 aliphatic heterocycles. The maximum absolute atomic E-state index is 4.39. The van der Waals surface area contributed by atoms with E-state index in [0.717, 1.165) is 53.3 Å². The minimum absolute atomic E-state index is 0.403. The van der Waals surface area contributed by atoms with Crippen LogP contribution in [0.1, 0.15) is 135 Å². The summed E-state index contributed by atoms with van der Waals surface area (Å²) >= 11 is 0. The second-order valence-electron chi connectivity index (χ2n) is 17.8. The van der Waals surface area contributed by atoms with E-state index in [1.54, 1.807) is 0 Å². The smallest absolute Gasteiger partial charge is 0.0631 e. The minimum Gasteiger partial charge on any atom is -0.286 e. The summed E-state index contributed by atoms with van der Waals surface area (Å²) in [7, 11) is 0. The van der Waals surface area contributed by atoms with Crippen LogP contribution >= 0.6 is 0 Å². The lowest BCUT2D eigenvalue weighted by Gasteiger charge is -2.39. The Balaban J connectivity index is 1.03. The van der Waals surface area contributed by atoms with E-state index in [0.29, 0.717) is 49.3 Å². The SMILES string of the molecule is CCCCCCC1CCCC2C3NC4NC(NC5NC(NC6NC(NC(N3)C12)C1CCCCC61)C1CCCCC51)C1CCCCC41. The van der Waals surface area contributed by atoms with E-state index in [1.807, 2.05) is 0 Å². The van der Waals surface area contributed by atoms with Crippen molar-refractivity contribution in [3.05, 3.63) is 0 Å². The average Bonchev–Trinajstić information content (AvgIpc) is 3.83. The Morgan fingerprint density at radius 3 is 1.09 bits per heavy atom. The van der Waals surface area contributed by atoms with Crippen molar-refractivity contribution in [3.8, 4) is 0 Å². The van der Waals surface area contributed by atoms with Gasteiger partial charge in [0.05, 0.1) is 49.3 Å². The minimum atomic E-state index is 0.403. The molecule has 0 aromatic rings. The number of fused-ring (bicyclic) bond motifs is 20. The fraction of sp³-hybridized carbons (Fsp3) is 1.00. The van der Waals surface area contributed by atoms with Crippen molar-refractivity contribution in [2.24, 2.45) is 53.3 Å². The molecule has 8 heteroatoms. The van der Waals surface area contributed by atoms with Crippen molar-refractivity contribution in [2.75, 3.05) is 0 Å². The maximum Gasteiger partial charge on any atom is 0.0631 e. The quantitative estimate of drug-likeness (QED) is 0.204. The molecule has 0 radical (unpaired) electrons. The summed E-state index contributed by atoms with van der Waals surface area (Å²) in [5, 5.41) is 34.4. The van der Waals surface area contributed by atoms with E-state index in [4.69, 9.17) is 0 Å². The Morgan fingerprint density at radius 2 is 0.696 bits per heavy atom. The molecule has 46 heavy (non-hydrogen) atoms. The summed E-state index contributed by atoms with van der Waals surface area (Å²) < 4.78 is 0. The van der Waals surface area contributed by atoms with Crippen molar-refractivity contribution >= 4 is 0 Å². The molecule has 9 rings (SSSR count). The number of hydrogen-bond acceptors (Lipinski definition) is 8. The number of nitrogens with one attached hydrogen (secondary N) is 8. The highest BCUT2D eigenvalue weighted by atomic mass is 15.4. The van der Waals surface area contributed by atoms with Crippen LogP contribution in [0.15, 0.2) is 0 Å². The van der Waals surface area contributed by atoms with Crippen molar-refractivity contribution in [1.29, 1.82) is 0 Å². The van der Waals surface area contributed by atoms with Crippen LogP contribution in [-0.4, -0.2) is 49.3 Å². The summed E-state index contributed by atoms with van der Waals surface area (Å²) in [4.78, 5) is 0. The lowest BCUT2D eigenvalue weighted by Crippen LogP contribution is -2.61. The molecule has 8 nitrogen and oxygen atoms in total. The standard InChI is InChI=1S/C38H68N8/c1-2-3-4-5-13-22-14-12-21-29-30(22)38-45-36-28-20-11-10-19-27(28)34(43-36)41-32-24-16-7-6-15-23(24)31(39-32)40-33-25-17-8-9-18-26(25)35(42-33)44-37(29)46-38/h22-46H,2-21H2,1H3. The van der Waals surface area contributed by atoms with E-state index >= 15 is 0 Å². The molecule has 4 aliphatic carbocycles. The van der Waals surface area contributed by atoms with Crippen LogP contribution in [0.5, 0.6) is 0 Å². The molecule has 0 aromatic carbocycles. The van der Waals surface area contributed by atoms with Gasteiger partial charge in [0, 0.05) is 0 Å². The summed E-state index contributed by atoms with van der Waals surface area (Å²) in [6.45, 7) is 2.35. The Bertz CT molecular complexity index is 1020. The fourth-order valence-electron chi connectivity index (χ4n) is 13.4. The summed E-state index contributed by atoms with van der Waals surface area (Å²) in [6, 6.07) is 0. The Labute approximate surface area is 280 Å². The van der Waals surface area contributed by atoms with Crippen molar-refractivity contribution in [3.63, 3.8) is 0 Å². The predicted octanol–water partition coefficient (Wildman–Crippen LogP) is 4.80. The summed E-state index contributed by atoms with van der Waals surface area (Å²) in [5.74, 6) is 6.74. The highest BCUT2D eigenvalue weighted by molar-refractivity contribution is 5.09. The number of hydrogen-bond donors (Lipinski definition) is 8. The zero-order valence-corrected chi connectivity index (χ0v) is 29.0. The maximum atomic E-state index is 4.39. The highest BCUT2D eigenvalue weighted by Crippen LogP contribution is 2.47. The molecule has 5 heterocycles. The largest absolute Gasteiger partial charge is 0.286 e. The van der Waals surface area contributed by atoms with Gasteiger partial charge in [0.1, 0.15) is 0 Å². The molecule has 8 N–H and O–H groups in total. The topological polar surface area (TPSA) is 96.2 Å². The molecule has 0 aromatic heterocycles. The second-order valence-corrected chi connectivity index (χ2v) is 17.8. The third kappa shape index (κ3) is 5.84. The van der Waals surface area contributed by atoms with Gasteiger partial charge in [0.2, 0.25) is 0 Å². The first-order valence-corrected chi connectivity index (χ1v) is 20.8. The van der Waals surface area contributed by atoms with Gasteiger partial charge in [-0.3, -0.25) is 42.5 Å². The van der Waals surface area contributed by atoms with Gasteiger partial charge in [0.25, 0.3) is 0 Å². The third-order valence-electron chi connectivity index (χ3n) is 15.5. The van der Waals surface area contributed by atoms with E-state index in [-0.39, 0.29) is 0 Å². The van der Waals surface area contributed by atoms with Gasteiger partial charge in [-0.25, -0.2) is 0 Å². The van der Waals surface area contributed by atoms with E-state index in [9.17, 15) is 0 Å². The van der Waals surface area contributed by atoms with Crippen LogP contribution in [0.4, 0.5) is 0 Å². The van der Waals surface area contributed by atoms with Crippen LogP contribution < -0.4 is 42.5 Å².